The molecule has 0 aromatic heterocycles. The van der Waals surface area contributed by atoms with Crippen molar-refractivity contribution in [3.63, 3.8) is 0 Å². The van der Waals surface area contributed by atoms with Gasteiger partial charge in [-0.2, -0.15) is 0 Å². The summed E-state index contributed by atoms with van der Waals surface area (Å²) in [6.07, 6.45) is 0. The van der Waals surface area contributed by atoms with Crippen LogP contribution in [0.15, 0.2) is 54.6 Å². The van der Waals surface area contributed by atoms with Gasteiger partial charge in [-0.3, -0.25) is 0 Å². The van der Waals surface area contributed by atoms with Crippen LogP contribution in [-0.4, -0.2) is 5.60 Å². The molecule has 0 N–H and O–H groups in total. The van der Waals surface area contributed by atoms with Gasteiger partial charge in [0, 0.05) is 10.6 Å². The summed E-state index contributed by atoms with van der Waals surface area (Å²) >= 11 is 0. The molecule has 3 heteroatoms. The van der Waals surface area contributed by atoms with E-state index in [1.807, 2.05) is 75.4 Å². The van der Waals surface area contributed by atoms with E-state index < -0.39 is 7.80 Å². The van der Waals surface area contributed by atoms with Gasteiger partial charge in [-0.05, 0) is 45.0 Å². The van der Waals surface area contributed by atoms with E-state index in [1.54, 1.807) is 0 Å². The molecule has 1 atom stereocenters. The van der Waals surface area contributed by atoms with Crippen molar-refractivity contribution >= 4 is 18.4 Å². The van der Waals surface area contributed by atoms with E-state index in [0.717, 1.165) is 16.4 Å². The van der Waals surface area contributed by atoms with E-state index in [4.69, 9.17) is 4.74 Å². The normalized spacial score (nSPS) is 13.0. The molecule has 0 heterocycles. The van der Waals surface area contributed by atoms with Crippen LogP contribution in [0.5, 0.6) is 5.75 Å². The predicted octanol–water partition coefficient (Wildman–Crippen LogP) is 3.37. The lowest BCUT2D eigenvalue weighted by molar-refractivity contribution is 0.131. The van der Waals surface area contributed by atoms with Crippen LogP contribution in [-0.2, 0) is 4.57 Å². The molecule has 0 bridgehead atoms. The van der Waals surface area contributed by atoms with Gasteiger partial charge in [-0.1, -0.05) is 30.3 Å². The second-order valence-corrected chi connectivity index (χ2v) is 7.25. The molecule has 2 aromatic carbocycles. The second kappa shape index (κ2) is 5.63. The Kier molecular flexibility index (Phi) is 4.11. The van der Waals surface area contributed by atoms with Gasteiger partial charge >= 0.3 is 0 Å². The molecule has 2 rings (SSSR count). The van der Waals surface area contributed by atoms with Crippen LogP contribution in [0.1, 0.15) is 20.8 Å². The third kappa shape index (κ3) is 3.97. The van der Waals surface area contributed by atoms with Crippen LogP contribution in [0.3, 0.4) is 0 Å². The Balaban J connectivity index is 2.17. The minimum atomic E-state index is -1.91. The minimum absolute atomic E-state index is 0.216. The van der Waals surface area contributed by atoms with Crippen molar-refractivity contribution in [1.29, 1.82) is 0 Å². The van der Waals surface area contributed by atoms with Gasteiger partial charge < -0.3 is 9.30 Å². The van der Waals surface area contributed by atoms with Crippen LogP contribution in [0.25, 0.3) is 0 Å². The van der Waals surface area contributed by atoms with Crippen molar-refractivity contribution in [2.45, 2.75) is 26.4 Å². The fourth-order valence-electron chi connectivity index (χ4n) is 1.78. The number of ether oxygens (including phenoxy) is 1. The summed E-state index contributed by atoms with van der Waals surface area (Å²) in [4.78, 5) is 0. The summed E-state index contributed by atoms with van der Waals surface area (Å²) in [5, 5.41) is 1.74. The van der Waals surface area contributed by atoms with Crippen molar-refractivity contribution in [3.05, 3.63) is 54.6 Å². The van der Waals surface area contributed by atoms with Crippen LogP contribution < -0.4 is 15.3 Å². The van der Waals surface area contributed by atoms with E-state index in [-0.39, 0.29) is 5.60 Å². The van der Waals surface area contributed by atoms with Gasteiger partial charge in [0.2, 0.25) is 0 Å². The topological polar surface area (TPSA) is 26.3 Å². The Morgan fingerprint density at radius 2 is 1.37 bits per heavy atom. The highest BCUT2D eigenvalue weighted by Gasteiger charge is 2.12. The molecule has 0 saturated carbocycles. The molecular formula is C16H19O2P. The summed E-state index contributed by atoms with van der Waals surface area (Å²) in [5.41, 5.74) is -0.216. The quantitative estimate of drug-likeness (QED) is 0.802. The van der Waals surface area contributed by atoms with Gasteiger partial charge in [0.15, 0.2) is 0 Å². The first-order valence-corrected chi connectivity index (χ1v) is 7.75. The van der Waals surface area contributed by atoms with Crippen LogP contribution in [0.4, 0.5) is 0 Å². The lowest BCUT2D eigenvalue weighted by Gasteiger charge is -2.21. The van der Waals surface area contributed by atoms with Crippen LogP contribution in [0, 0.1) is 0 Å². The summed E-state index contributed by atoms with van der Waals surface area (Å²) in [5.74, 6) is 0.805. The molecule has 0 aliphatic heterocycles. The summed E-state index contributed by atoms with van der Waals surface area (Å²) < 4.78 is 18.1. The summed E-state index contributed by atoms with van der Waals surface area (Å²) in [7, 11) is -1.91. The third-order valence-corrected chi connectivity index (χ3v) is 4.29. The van der Waals surface area contributed by atoms with Gasteiger partial charge in [-0.25, -0.2) is 0 Å². The molecule has 2 nitrogen and oxygen atoms in total. The lowest BCUT2D eigenvalue weighted by atomic mass is 10.2. The monoisotopic (exact) mass is 274 g/mol. The summed E-state index contributed by atoms with van der Waals surface area (Å²) in [6.45, 7) is 6.02. The van der Waals surface area contributed by atoms with Gasteiger partial charge in [-0.15, -0.1) is 0 Å². The first-order valence-electron chi connectivity index (χ1n) is 6.34. The minimum Gasteiger partial charge on any atom is -0.488 e. The molecule has 0 radical (unpaired) electrons. The maximum Gasteiger partial charge on any atom is 0.131 e. The number of benzene rings is 2. The maximum absolute atomic E-state index is 12.4. The molecule has 100 valence electrons. The zero-order valence-electron chi connectivity index (χ0n) is 11.5. The third-order valence-electron chi connectivity index (χ3n) is 2.58. The second-order valence-electron chi connectivity index (χ2n) is 5.43. The molecule has 2 aromatic rings. The van der Waals surface area contributed by atoms with E-state index in [9.17, 15) is 4.57 Å². The molecule has 0 aliphatic rings. The molecule has 0 spiro atoms. The Hall–Kier alpha value is -1.53. The van der Waals surface area contributed by atoms with E-state index >= 15 is 0 Å². The number of hydrogen-bond donors (Lipinski definition) is 0. The predicted molar refractivity (Wildman–Crippen MR) is 81.5 cm³/mol. The first-order chi connectivity index (χ1) is 8.96. The smallest absolute Gasteiger partial charge is 0.131 e. The average molecular weight is 274 g/mol. The van der Waals surface area contributed by atoms with Gasteiger partial charge in [0.05, 0.1) is 0 Å². The SMILES string of the molecule is CC(C)(C)Oc1ccc([PH](=O)c2ccccc2)cc1. The molecule has 0 aliphatic carbocycles. The van der Waals surface area contributed by atoms with Gasteiger partial charge in [0.25, 0.3) is 0 Å². The molecule has 0 amide bonds. The Morgan fingerprint density at radius 1 is 0.842 bits per heavy atom. The van der Waals surface area contributed by atoms with Crippen molar-refractivity contribution in [3.8, 4) is 5.75 Å². The number of rotatable bonds is 3. The van der Waals surface area contributed by atoms with Crippen molar-refractivity contribution < 1.29 is 9.30 Å². The largest absolute Gasteiger partial charge is 0.488 e. The molecule has 1 unspecified atom stereocenters. The maximum atomic E-state index is 12.4. The average Bonchev–Trinajstić information content (AvgIpc) is 2.38. The van der Waals surface area contributed by atoms with Gasteiger partial charge in [0.1, 0.15) is 19.2 Å². The van der Waals surface area contributed by atoms with E-state index in [1.165, 1.54) is 0 Å². The molecule has 19 heavy (non-hydrogen) atoms. The highest BCUT2D eigenvalue weighted by Crippen LogP contribution is 2.22. The number of hydrogen-bond acceptors (Lipinski definition) is 2. The van der Waals surface area contributed by atoms with Crippen LogP contribution >= 0.6 is 7.80 Å². The van der Waals surface area contributed by atoms with Crippen molar-refractivity contribution in [2.24, 2.45) is 0 Å². The first kappa shape index (κ1) is 13.9. The lowest BCUT2D eigenvalue weighted by Crippen LogP contribution is -2.23. The summed E-state index contributed by atoms with van der Waals surface area (Å²) in [6, 6.07) is 17.1. The fraction of sp³-hybridized carbons (Fsp3) is 0.250. The molecular weight excluding hydrogens is 255 g/mol. The Morgan fingerprint density at radius 3 is 1.89 bits per heavy atom. The van der Waals surface area contributed by atoms with Crippen LogP contribution in [0.2, 0.25) is 0 Å². The fourth-order valence-corrected chi connectivity index (χ4v) is 3.08. The Bertz CT molecular complexity index is 554. The zero-order valence-corrected chi connectivity index (χ0v) is 12.5. The molecule has 0 fully saturated rings. The standard InChI is InChI=1S/C16H19O2P/c1-16(2,3)18-13-9-11-15(12-10-13)19(17)14-7-5-4-6-8-14/h4-12,19H,1-3H3. The van der Waals surface area contributed by atoms with E-state index in [2.05, 4.69) is 0 Å². The highest BCUT2D eigenvalue weighted by molar-refractivity contribution is 7.61. The zero-order chi connectivity index (χ0) is 13.9. The van der Waals surface area contributed by atoms with E-state index in [0.29, 0.717) is 0 Å². The highest BCUT2D eigenvalue weighted by atomic mass is 31.1. The van der Waals surface area contributed by atoms with Crippen molar-refractivity contribution in [2.75, 3.05) is 0 Å². The van der Waals surface area contributed by atoms with Crippen molar-refractivity contribution in [1.82, 2.24) is 0 Å². The Labute approximate surface area is 115 Å². The molecule has 0 saturated heterocycles.